The Kier molecular flexibility index (Phi) is 3.13. The van der Waals surface area contributed by atoms with E-state index < -0.39 is 5.97 Å². The van der Waals surface area contributed by atoms with Crippen molar-refractivity contribution < 1.29 is 19.1 Å². The van der Waals surface area contributed by atoms with Crippen LogP contribution >= 0.6 is 0 Å². The van der Waals surface area contributed by atoms with Crippen LogP contribution in [0.1, 0.15) is 32.2 Å². The minimum absolute atomic E-state index is 0.114. The summed E-state index contributed by atoms with van der Waals surface area (Å²) in [5.74, 6) is -0.909. The summed E-state index contributed by atoms with van der Waals surface area (Å²) in [6.07, 6.45) is 0.744. The number of furan rings is 1. The molecule has 108 valence electrons. The molecule has 0 radical (unpaired) electrons. The third-order valence-electron chi connectivity index (χ3n) is 3.52. The van der Waals surface area contributed by atoms with Crippen molar-refractivity contribution in [2.75, 3.05) is 12.3 Å². The van der Waals surface area contributed by atoms with Crippen LogP contribution in [0.3, 0.4) is 0 Å². The molecule has 2 aromatic rings. The number of hydrogen-bond acceptors (Lipinski definition) is 4. The Balaban J connectivity index is 1.81. The van der Waals surface area contributed by atoms with Crippen LogP contribution in [0.5, 0.6) is 0 Å². The quantitative estimate of drug-likeness (QED) is 0.838. The first-order valence-electron chi connectivity index (χ1n) is 6.54. The van der Waals surface area contributed by atoms with Crippen LogP contribution in [-0.4, -0.2) is 28.4 Å². The van der Waals surface area contributed by atoms with E-state index >= 15 is 0 Å². The van der Waals surface area contributed by atoms with Gasteiger partial charge in [0, 0.05) is 17.8 Å². The third-order valence-corrected chi connectivity index (χ3v) is 3.52. The summed E-state index contributed by atoms with van der Waals surface area (Å²) in [5, 5.41) is 8.83. The second-order valence-corrected chi connectivity index (χ2v) is 4.96. The molecule has 1 aliphatic heterocycles. The minimum atomic E-state index is -1.12. The first-order valence-corrected chi connectivity index (χ1v) is 6.54. The van der Waals surface area contributed by atoms with Gasteiger partial charge in [0.1, 0.15) is 5.76 Å². The van der Waals surface area contributed by atoms with Crippen molar-refractivity contribution in [2.24, 2.45) is 0 Å². The number of carbonyl (C=O) groups excluding carboxylic acids is 1. The molecule has 0 saturated carbocycles. The molecule has 6 nitrogen and oxygen atoms in total. The number of nitrogens with zero attached hydrogens (tertiary/aromatic N) is 1. The third kappa shape index (κ3) is 2.47. The molecule has 1 aliphatic rings. The fourth-order valence-electron chi connectivity index (χ4n) is 2.46. The fourth-order valence-corrected chi connectivity index (χ4v) is 2.46. The highest BCUT2D eigenvalue weighted by molar-refractivity contribution is 5.97. The molecular formula is C15H14N2O4. The molecular weight excluding hydrogens is 272 g/mol. The zero-order valence-corrected chi connectivity index (χ0v) is 11.2. The molecule has 1 amide bonds. The molecule has 1 aromatic carbocycles. The molecule has 3 N–H and O–H groups in total. The molecule has 6 heteroatoms. The lowest BCUT2D eigenvalue weighted by molar-refractivity contribution is 0.0655. The molecule has 0 spiro atoms. The van der Waals surface area contributed by atoms with E-state index in [1.54, 1.807) is 23.1 Å². The highest BCUT2D eigenvalue weighted by Gasteiger charge is 2.25. The van der Waals surface area contributed by atoms with Gasteiger partial charge in [-0.05, 0) is 36.2 Å². The Labute approximate surface area is 120 Å². The average molecular weight is 286 g/mol. The van der Waals surface area contributed by atoms with Crippen LogP contribution in [0.15, 0.2) is 34.7 Å². The van der Waals surface area contributed by atoms with E-state index in [-0.39, 0.29) is 18.2 Å². The standard InChI is InChI=1S/C15H14N2O4/c16-10-2-1-9-5-6-17(14(18)12(9)7-10)8-11-3-4-13(21-11)15(19)20/h1-4,7H,5-6,8,16H2,(H,19,20). The largest absolute Gasteiger partial charge is 0.475 e. The van der Waals surface area contributed by atoms with Gasteiger partial charge in [0.2, 0.25) is 5.76 Å². The van der Waals surface area contributed by atoms with E-state index in [9.17, 15) is 9.59 Å². The van der Waals surface area contributed by atoms with Gasteiger partial charge < -0.3 is 20.2 Å². The predicted molar refractivity (Wildman–Crippen MR) is 75.0 cm³/mol. The molecule has 0 unspecified atom stereocenters. The van der Waals surface area contributed by atoms with Gasteiger partial charge in [-0.1, -0.05) is 6.07 Å². The van der Waals surface area contributed by atoms with E-state index in [2.05, 4.69) is 0 Å². The highest BCUT2D eigenvalue weighted by atomic mass is 16.4. The number of amides is 1. The summed E-state index contributed by atoms with van der Waals surface area (Å²) in [5.41, 5.74) is 7.86. The maximum absolute atomic E-state index is 12.4. The van der Waals surface area contributed by atoms with Crippen LogP contribution in [0, 0.1) is 0 Å². The molecule has 0 fully saturated rings. The van der Waals surface area contributed by atoms with Gasteiger partial charge in [-0.2, -0.15) is 0 Å². The zero-order valence-electron chi connectivity index (χ0n) is 11.2. The maximum atomic E-state index is 12.4. The topological polar surface area (TPSA) is 96.8 Å². The minimum Gasteiger partial charge on any atom is -0.475 e. The van der Waals surface area contributed by atoms with E-state index in [1.165, 1.54) is 6.07 Å². The average Bonchev–Trinajstić information content (AvgIpc) is 2.91. The van der Waals surface area contributed by atoms with Crippen molar-refractivity contribution >= 4 is 17.6 Å². The van der Waals surface area contributed by atoms with E-state index in [4.69, 9.17) is 15.3 Å². The lowest BCUT2D eigenvalue weighted by Gasteiger charge is -2.28. The predicted octanol–water partition coefficient (Wildman–Crippen LogP) is 1.76. The van der Waals surface area contributed by atoms with E-state index in [0.29, 0.717) is 23.6 Å². The summed E-state index contributed by atoms with van der Waals surface area (Å²) in [7, 11) is 0. The van der Waals surface area contributed by atoms with Crippen molar-refractivity contribution in [3.05, 3.63) is 53.0 Å². The molecule has 0 bridgehead atoms. The summed E-state index contributed by atoms with van der Waals surface area (Å²) < 4.78 is 5.19. The second-order valence-electron chi connectivity index (χ2n) is 4.96. The van der Waals surface area contributed by atoms with Crippen molar-refractivity contribution in [3.8, 4) is 0 Å². The molecule has 3 rings (SSSR count). The Bertz CT molecular complexity index is 720. The zero-order chi connectivity index (χ0) is 15.0. The van der Waals surface area contributed by atoms with Crippen molar-refractivity contribution in [3.63, 3.8) is 0 Å². The number of nitrogen functional groups attached to an aromatic ring is 1. The van der Waals surface area contributed by atoms with Crippen LogP contribution in [0.4, 0.5) is 5.69 Å². The van der Waals surface area contributed by atoms with E-state index in [0.717, 1.165) is 12.0 Å². The number of carboxylic acids is 1. The van der Waals surface area contributed by atoms with Gasteiger partial charge in [0.15, 0.2) is 0 Å². The van der Waals surface area contributed by atoms with Crippen LogP contribution in [0.2, 0.25) is 0 Å². The molecule has 1 aromatic heterocycles. The maximum Gasteiger partial charge on any atom is 0.371 e. The summed E-state index contributed by atoms with van der Waals surface area (Å²) in [4.78, 5) is 24.8. The molecule has 0 aliphatic carbocycles. The van der Waals surface area contributed by atoms with Crippen molar-refractivity contribution in [1.82, 2.24) is 4.90 Å². The first kappa shape index (κ1) is 13.2. The van der Waals surface area contributed by atoms with Crippen LogP contribution < -0.4 is 5.73 Å². The molecule has 21 heavy (non-hydrogen) atoms. The van der Waals surface area contributed by atoms with Crippen LogP contribution in [0.25, 0.3) is 0 Å². The number of fused-ring (bicyclic) bond motifs is 1. The normalized spacial score (nSPS) is 14.1. The number of aromatic carboxylic acids is 1. The van der Waals surface area contributed by atoms with Gasteiger partial charge in [-0.15, -0.1) is 0 Å². The summed E-state index contributed by atoms with van der Waals surface area (Å²) in [6.45, 7) is 0.819. The number of nitrogens with two attached hydrogens (primary N) is 1. The molecule has 0 saturated heterocycles. The molecule has 2 heterocycles. The van der Waals surface area contributed by atoms with E-state index in [1.807, 2.05) is 6.07 Å². The Morgan fingerprint density at radius 1 is 1.33 bits per heavy atom. The monoisotopic (exact) mass is 286 g/mol. The smallest absolute Gasteiger partial charge is 0.371 e. The number of hydrogen-bond donors (Lipinski definition) is 2. The second kappa shape index (κ2) is 4.97. The lowest BCUT2D eigenvalue weighted by atomic mass is 9.98. The number of anilines is 1. The first-order chi connectivity index (χ1) is 10.0. The Hall–Kier alpha value is -2.76. The number of rotatable bonds is 3. The van der Waals surface area contributed by atoms with Gasteiger partial charge in [-0.3, -0.25) is 4.79 Å². The number of benzene rings is 1. The van der Waals surface area contributed by atoms with Gasteiger partial charge in [0.05, 0.1) is 6.54 Å². The lowest BCUT2D eigenvalue weighted by Crippen LogP contribution is -2.37. The fraction of sp³-hybridized carbons (Fsp3) is 0.200. The Morgan fingerprint density at radius 2 is 2.14 bits per heavy atom. The summed E-state index contributed by atoms with van der Waals surface area (Å²) >= 11 is 0. The van der Waals surface area contributed by atoms with Gasteiger partial charge in [-0.25, -0.2) is 4.79 Å². The van der Waals surface area contributed by atoms with Crippen molar-refractivity contribution in [1.29, 1.82) is 0 Å². The van der Waals surface area contributed by atoms with Gasteiger partial charge >= 0.3 is 5.97 Å². The number of carbonyl (C=O) groups is 2. The molecule has 0 atom stereocenters. The van der Waals surface area contributed by atoms with Crippen LogP contribution in [-0.2, 0) is 13.0 Å². The van der Waals surface area contributed by atoms with Gasteiger partial charge in [0.25, 0.3) is 5.91 Å². The highest BCUT2D eigenvalue weighted by Crippen LogP contribution is 2.23. The number of carboxylic acid groups (broad SMARTS) is 1. The summed E-state index contributed by atoms with van der Waals surface area (Å²) in [6, 6.07) is 8.29. The SMILES string of the molecule is Nc1ccc2c(c1)C(=O)N(Cc1ccc(C(=O)O)o1)CC2. The van der Waals surface area contributed by atoms with Crippen molar-refractivity contribution in [2.45, 2.75) is 13.0 Å². The Morgan fingerprint density at radius 3 is 2.86 bits per heavy atom.